The minimum Gasteiger partial charge on any atom is -0.508 e. The molecule has 0 fully saturated rings. The fourth-order valence-corrected chi connectivity index (χ4v) is 3.06. The Hall–Kier alpha value is -2.53. The number of aryl methyl sites for hydroxylation is 1. The summed E-state index contributed by atoms with van der Waals surface area (Å²) in [6.07, 6.45) is 1.84. The molecule has 0 saturated carbocycles. The fraction of sp³-hybridized carbons (Fsp3) is 0.167. The molecule has 0 atom stereocenters. The number of aromatic nitrogens is 1. The van der Waals surface area contributed by atoms with Gasteiger partial charge in [0.1, 0.15) is 21.5 Å². The topological polar surface area (TPSA) is 54.4 Å². The highest BCUT2D eigenvalue weighted by Gasteiger charge is 2.07. The molecule has 3 aromatic rings. The second kappa shape index (κ2) is 6.71. The zero-order valence-electron chi connectivity index (χ0n) is 13.0. The van der Waals surface area contributed by atoms with Crippen molar-refractivity contribution in [3.05, 3.63) is 59.8 Å². The summed E-state index contributed by atoms with van der Waals surface area (Å²) in [5, 5.41) is 14.8. The SMILES string of the molecule is COc1cc(O)ccc1CNc1cnc(-c2ccc(C)cc2)s1. The number of hydrogen-bond donors (Lipinski definition) is 2. The highest BCUT2D eigenvalue weighted by atomic mass is 32.1. The molecular formula is C18H18N2O2S. The van der Waals surface area contributed by atoms with Crippen molar-refractivity contribution >= 4 is 16.3 Å². The summed E-state index contributed by atoms with van der Waals surface area (Å²) in [5.41, 5.74) is 3.34. The van der Waals surface area contributed by atoms with Crippen LogP contribution in [0, 0.1) is 6.92 Å². The monoisotopic (exact) mass is 326 g/mol. The fourth-order valence-electron chi connectivity index (χ4n) is 2.25. The van der Waals surface area contributed by atoms with Crippen LogP contribution in [0.2, 0.25) is 0 Å². The van der Waals surface area contributed by atoms with Gasteiger partial charge in [0.25, 0.3) is 0 Å². The first-order valence-electron chi connectivity index (χ1n) is 7.28. The van der Waals surface area contributed by atoms with Gasteiger partial charge in [0.15, 0.2) is 0 Å². The Morgan fingerprint density at radius 3 is 2.70 bits per heavy atom. The van der Waals surface area contributed by atoms with E-state index in [1.165, 1.54) is 5.56 Å². The van der Waals surface area contributed by atoms with E-state index in [1.807, 2.05) is 12.3 Å². The number of nitrogens with one attached hydrogen (secondary N) is 1. The highest BCUT2D eigenvalue weighted by molar-refractivity contribution is 7.18. The molecule has 0 spiro atoms. The quantitative estimate of drug-likeness (QED) is 0.727. The van der Waals surface area contributed by atoms with E-state index in [-0.39, 0.29) is 5.75 Å². The van der Waals surface area contributed by atoms with E-state index >= 15 is 0 Å². The maximum Gasteiger partial charge on any atom is 0.127 e. The largest absolute Gasteiger partial charge is 0.508 e. The van der Waals surface area contributed by atoms with E-state index < -0.39 is 0 Å². The maximum atomic E-state index is 9.49. The Morgan fingerprint density at radius 2 is 1.96 bits per heavy atom. The van der Waals surface area contributed by atoms with Gasteiger partial charge >= 0.3 is 0 Å². The first-order chi connectivity index (χ1) is 11.2. The van der Waals surface area contributed by atoms with Gasteiger partial charge in [-0.05, 0) is 19.1 Å². The van der Waals surface area contributed by atoms with Crippen LogP contribution in [0.4, 0.5) is 5.00 Å². The number of benzene rings is 2. The third kappa shape index (κ3) is 3.63. The van der Waals surface area contributed by atoms with E-state index in [4.69, 9.17) is 4.74 Å². The third-order valence-corrected chi connectivity index (χ3v) is 4.53. The number of methoxy groups -OCH3 is 1. The molecule has 0 bridgehead atoms. The van der Waals surface area contributed by atoms with E-state index in [2.05, 4.69) is 41.5 Å². The van der Waals surface area contributed by atoms with Crippen molar-refractivity contribution in [2.75, 3.05) is 12.4 Å². The van der Waals surface area contributed by atoms with Crippen LogP contribution >= 0.6 is 11.3 Å². The molecular weight excluding hydrogens is 308 g/mol. The molecule has 4 nitrogen and oxygen atoms in total. The molecule has 0 radical (unpaired) electrons. The summed E-state index contributed by atoms with van der Waals surface area (Å²) in [6.45, 7) is 2.68. The summed E-state index contributed by atoms with van der Waals surface area (Å²) in [4.78, 5) is 4.47. The van der Waals surface area contributed by atoms with Crippen molar-refractivity contribution in [3.8, 4) is 22.1 Å². The molecule has 0 aliphatic rings. The van der Waals surface area contributed by atoms with Gasteiger partial charge in [-0.2, -0.15) is 0 Å². The first-order valence-corrected chi connectivity index (χ1v) is 8.10. The predicted octanol–water partition coefficient (Wildman–Crippen LogP) is 4.44. The van der Waals surface area contributed by atoms with Crippen LogP contribution in [0.3, 0.4) is 0 Å². The van der Waals surface area contributed by atoms with Crippen LogP contribution in [0.25, 0.3) is 10.6 Å². The summed E-state index contributed by atoms with van der Waals surface area (Å²) in [7, 11) is 1.60. The van der Waals surface area contributed by atoms with E-state index in [1.54, 1.807) is 30.6 Å². The van der Waals surface area contributed by atoms with E-state index in [0.717, 1.165) is 21.1 Å². The van der Waals surface area contributed by atoms with Crippen molar-refractivity contribution < 1.29 is 9.84 Å². The van der Waals surface area contributed by atoms with Crippen LogP contribution in [-0.4, -0.2) is 17.2 Å². The first kappa shape index (κ1) is 15.4. The van der Waals surface area contributed by atoms with Crippen LogP contribution in [-0.2, 0) is 6.54 Å². The van der Waals surface area contributed by atoms with Crippen molar-refractivity contribution in [2.45, 2.75) is 13.5 Å². The zero-order valence-corrected chi connectivity index (χ0v) is 13.9. The lowest BCUT2D eigenvalue weighted by molar-refractivity contribution is 0.403. The lowest BCUT2D eigenvalue weighted by atomic mass is 10.2. The molecule has 23 heavy (non-hydrogen) atoms. The van der Waals surface area contributed by atoms with Crippen LogP contribution in [0.1, 0.15) is 11.1 Å². The molecule has 0 aliphatic heterocycles. The lowest BCUT2D eigenvalue weighted by Gasteiger charge is -2.09. The number of thiazole rings is 1. The van der Waals surface area contributed by atoms with Gasteiger partial charge in [0.05, 0.1) is 13.3 Å². The molecule has 5 heteroatoms. The lowest BCUT2D eigenvalue weighted by Crippen LogP contribution is -2.00. The van der Waals surface area contributed by atoms with Gasteiger partial charge in [-0.1, -0.05) is 41.2 Å². The minimum atomic E-state index is 0.199. The normalized spacial score (nSPS) is 10.5. The summed E-state index contributed by atoms with van der Waals surface area (Å²) in [6, 6.07) is 13.5. The van der Waals surface area contributed by atoms with E-state index in [0.29, 0.717) is 12.3 Å². The van der Waals surface area contributed by atoms with Gasteiger partial charge in [0, 0.05) is 23.7 Å². The third-order valence-electron chi connectivity index (χ3n) is 3.53. The van der Waals surface area contributed by atoms with Gasteiger partial charge in [-0.15, -0.1) is 0 Å². The number of aromatic hydroxyl groups is 1. The molecule has 1 heterocycles. The number of phenols is 1. The number of ether oxygens (including phenoxy) is 1. The Bertz CT molecular complexity index is 797. The Balaban J connectivity index is 1.71. The average molecular weight is 326 g/mol. The smallest absolute Gasteiger partial charge is 0.127 e. The molecule has 0 saturated heterocycles. The Kier molecular flexibility index (Phi) is 4.48. The highest BCUT2D eigenvalue weighted by Crippen LogP contribution is 2.30. The number of phenolic OH excluding ortho intramolecular Hbond substituents is 1. The van der Waals surface area contributed by atoms with Crippen LogP contribution in [0.5, 0.6) is 11.5 Å². The summed E-state index contributed by atoms with van der Waals surface area (Å²) < 4.78 is 5.29. The van der Waals surface area contributed by atoms with Gasteiger partial charge in [-0.25, -0.2) is 4.98 Å². The standard InChI is InChI=1S/C18H18N2O2S/c1-12-3-5-13(6-4-12)18-20-11-17(23-18)19-10-14-7-8-15(21)9-16(14)22-2/h3-9,11,19,21H,10H2,1-2H3. The van der Waals surface area contributed by atoms with Gasteiger partial charge < -0.3 is 15.2 Å². The van der Waals surface area contributed by atoms with Crippen molar-refractivity contribution in [2.24, 2.45) is 0 Å². The molecule has 0 unspecified atom stereocenters. The van der Waals surface area contributed by atoms with Crippen LogP contribution in [0.15, 0.2) is 48.7 Å². The predicted molar refractivity (Wildman–Crippen MR) is 94.3 cm³/mol. The number of rotatable bonds is 5. The zero-order chi connectivity index (χ0) is 16.2. The molecule has 2 aromatic carbocycles. The molecule has 0 amide bonds. The average Bonchev–Trinajstić information content (AvgIpc) is 3.03. The van der Waals surface area contributed by atoms with Crippen LogP contribution < -0.4 is 10.1 Å². The van der Waals surface area contributed by atoms with E-state index in [9.17, 15) is 5.11 Å². The number of anilines is 1. The molecule has 118 valence electrons. The number of nitrogens with zero attached hydrogens (tertiary/aromatic N) is 1. The molecule has 3 rings (SSSR count). The Morgan fingerprint density at radius 1 is 1.17 bits per heavy atom. The molecule has 1 aromatic heterocycles. The summed E-state index contributed by atoms with van der Waals surface area (Å²) in [5.74, 6) is 0.867. The van der Waals surface area contributed by atoms with Gasteiger partial charge in [0.2, 0.25) is 0 Å². The van der Waals surface area contributed by atoms with Crippen molar-refractivity contribution in [1.82, 2.24) is 4.98 Å². The second-order valence-corrected chi connectivity index (χ2v) is 6.28. The number of hydrogen-bond acceptors (Lipinski definition) is 5. The Labute approximate surface area is 139 Å². The molecule has 2 N–H and O–H groups in total. The van der Waals surface area contributed by atoms with Gasteiger partial charge in [-0.3, -0.25) is 0 Å². The summed E-state index contributed by atoms with van der Waals surface area (Å²) >= 11 is 1.62. The minimum absolute atomic E-state index is 0.199. The van der Waals surface area contributed by atoms with Crippen molar-refractivity contribution in [3.63, 3.8) is 0 Å². The maximum absolute atomic E-state index is 9.49. The van der Waals surface area contributed by atoms with Crippen molar-refractivity contribution in [1.29, 1.82) is 0 Å². The second-order valence-electron chi connectivity index (χ2n) is 5.25. The molecule has 0 aliphatic carbocycles.